The zero-order valence-electron chi connectivity index (χ0n) is 23.4. The van der Waals surface area contributed by atoms with E-state index in [2.05, 4.69) is 44.9 Å². The lowest BCUT2D eigenvalue weighted by Crippen LogP contribution is -2.55. The Labute approximate surface area is 231 Å². The second-order valence-electron chi connectivity index (χ2n) is 11.7. The van der Waals surface area contributed by atoms with Crippen LogP contribution >= 0.6 is 0 Å². The number of nitrogens with one attached hydrogen (secondary N) is 3. The van der Waals surface area contributed by atoms with Gasteiger partial charge in [-0.25, -0.2) is 0 Å². The highest BCUT2D eigenvalue weighted by atomic mass is 16.5. The Bertz CT molecular complexity index is 1270. The topological polar surface area (TPSA) is 86.5 Å². The van der Waals surface area contributed by atoms with Gasteiger partial charge < -0.3 is 25.3 Å². The van der Waals surface area contributed by atoms with E-state index in [1.165, 1.54) is 10.9 Å². The Morgan fingerprint density at radius 3 is 2.56 bits per heavy atom. The summed E-state index contributed by atoms with van der Waals surface area (Å²) in [4.78, 5) is 33.2. The third kappa shape index (κ3) is 6.04. The van der Waals surface area contributed by atoms with Gasteiger partial charge in [0.15, 0.2) is 0 Å². The van der Waals surface area contributed by atoms with Gasteiger partial charge in [-0.15, -0.1) is 0 Å². The average Bonchev–Trinajstić information content (AvgIpc) is 3.70. The lowest BCUT2D eigenvalue weighted by Gasteiger charge is -2.38. The van der Waals surface area contributed by atoms with Gasteiger partial charge in [-0.2, -0.15) is 0 Å². The Morgan fingerprint density at radius 2 is 1.82 bits per heavy atom. The van der Waals surface area contributed by atoms with E-state index in [1.807, 2.05) is 50.2 Å². The summed E-state index contributed by atoms with van der Waals surface area (Å²) in [5.74, 6) is 0.00229. The quantitative estimate of drug-likeness (QED) is 0.314. The van der Waals surface area contributed by atoms with Crippen LogP contribution in [0.5, 0.6) is 0 Å². The predicted octanol–water partition coefficient (Wildman–Crippen LogP) is 4.70. The van der Waals surface area contributed by atoms with E-state index in [0.717, 1.165) is 36.8 Å². The fourth-order valence-corrected chi connectivity index (χ4v) is 5.98. The summed E-state index contributed by atoms with van der Waals surface area (Å²) in [6, 6.07) is 18.4. The number of piperidine rings is 1. The summed E-state index contributed by atoms with van der Waals surface area (Å²) >= 11 is 0. The molecule has 1 saturated heterocycles. The molecule has 3 N–H and O–H groups in total. The molecule has 0 radical (unpaired) electrons. The van der Waals surface area contributed by atoms with Gasteiger partial charge in [0.2, 0.25) is 11.8 Å². The van der Waals surface area contributed by atoms with E-state index in [1.54, 1.807) is 7.11 Å². The van der Waals surface area contributed by atoms with Crippen molar-refractivity contribution in [1.29, 1.82) is 0 Å². The molecule has 0 spiro atoms. The van der Waals surface area contributed by atoms with Gasteiger partial charge in [-0.1, -0.05) is 48.5 Å². The number of aromatic nitrogens is 1. The van der Waals surface area contributed by atoms with E-state index in [0.29, 0.717) is 26.1 Å². The summed E-state index contributed by atoms with van der Waals surface area (Å²) in [5.41, 5.74) is 2.60. The molecule has 2 heterocycles. The standard InChI is InChI=1S/C32H42N4O3/c1-32(2,23-10-5-4-6-11-23)31(38)35-24-18-22(19-33-20-24)30(37)36(25-15-16-25)29(14-9-17-39-3)27-21-34-28-13-8-7-12-26(27)28/h4-8,10-13,21-22,24-25,29,33-34H,9,14-20H2,1-3H3,(H,35,38)/t22-,24+,29?/m0/s1. The number of carbonyl (C=O) groups excluding carboxylic acids is 2. The summed E-state index contributed by atoms with van der Waals surface area (Å²) in [5, 5.41) is 7.87. The number of benzene rings is 2. The van der Waals surface area contributed by atoms with Crippen LogP contribution in [-0.2, 0) is 19.7 Å². The predicted molar refractivity (Wildman–Crippen MR) is 154 cm³/mol. The van der Waals surface area contributed by atoms with E-state index in [-0.39, 0.29) is 35.9 Å². The van der Waals surface area contributed by atoms with Crippen LogP contribution in [0.4, 0.5) is 0 Å². The molecule has 1 saturated carbocycles. The van der Waals surface area contributed by atoms with Gasteiger partial charge >= 0.3 is 0 Å². The molecule has 2 fully saturated rings. The highest BCUT2D eigenvalue weighted by Gasteiger charge is 2.42. The molecule has 7 nitrogen and oxygen atoms in total. The van der Waals surface area contributed by atoms with Crippen molar-refractivity contribution in [2.24, 2.45) is 5.92 Å². The summed E-state index contributed by atoms with van der Waals surface area (Å²) in [6.07, 6.45) is 6.54. The minimum atomic E-state index is -0.653. The van der Waals surface area contributed by atoms with E-state index in [9.17, 15) is 9.59 Å². The SMILES string of the molecule is COCCCC(c1c[nH]c2ccccc12)N(C(=O)[C@@H]1CNC[C@H](NC(=O)C(C)(C)c2ccccc2)C1)C1CC1. The van der Waals surface area contributed by atoms with Crippen molar-refractivity contribution < 1.29 is 14.3 Å². The van der Waals surface area contributed by atoms with Crippen LogP contribution in [0, 0.1) is 5.92 Å². The Balaban J connectivity index is 1.34. The van der Waals surface area contributed by atoms with Crippen molar-refractivity contribution >= 4 is 22.7 Å². The smallest absolute Gasteiger partial charge is 0.230 e. The monoisotopic (exact) mass is 530 g/mol. The summed E-state index contributed by atoms with van der Waals surface area (Å²) < 4.78 is 5.38. The lowest BCUT2D eigenvalue weighted by atomic mass is 9.83. The van der Waals surface area contributed by atoms with Crippen LogP contribution < -0.4 is 10.6 Å². The highest BCUT2D eigenvalue weighted by Crippen LogP contribution is 2.40. The molecular weight excluding hydrogens is 488 g/mol. The maximum Gasteiger partial charge on any atom is 0.230 e. The number of para-hydroxylation sites is 1. The first kappa shape index (κ1) is 27.4. The molecule has 1 unspecified atom stereocenters. The number of aromatic amines is 1. The molecule has 0 bridgehead atoms. The second kappa shape index (κ2) is 11.9. The number of ether oxygens (including phenoxy) is 1. The number of nitrogens with zero attached hydrogens (tertiary/aromatic N) is 1. The molecule has 7 heteroatoms. The van der Waals surface area contributed by atoms with Crippen molar-refractivity contribution in [2.75, 3.05) is 26.8 Å². The van der Waals surface area contributed by atoms with Crippen LogP contribution in [0.15, 0.2) is 60.8 Å². The number of fused-ring (bicyclic) bond motifs is 1. The highest BCUT2D eigenvalue weighted by molar-refractivity contribution is 5.88. The van der Waals surface area contributed by atoms with Crippen molar-refractivity contribution in [3.8, 4) is 0 Å². The largest absolute Gasteiger partial charge is 0.385 e. The summed E-state index contributed by atoms with van der Waals surface area (Å²) in [6.45, 7) is 5.88. The van der Waals surface area contributed by atoms with Crippen molar-refractivity contribution in [1.82, 2.24) is 20.5 Å². The third-order valence-electron chi connectivity index (χ3n) is 8.43. The molecule has 3 atom stereocenters. The van der Waals surface area contributed by atoms with Crippen molar-refractivity contribution in [3.63, 3.8) is 0 Å². The lowest BCUT2D eigenvalue weighted by molar-refractivity contribution is -0.140. The van der Waals surface area contributed by atoms with Gasteiger partial charge in [-0.05, 0) is 63.1 Å². The van der Waals surface area contributed by atoms with Gasteiger partial charge in [-0.3, -0.25) is 9.59 Å². The summed E-state index contributed by atoms with van der Waals surface area (Å²) in [7, 11) is 1.73. The van der Waals surface area contributed by atoms with Gasteiger partial charge in [0.25, 0.3) is 0 Å². The van der Waals surface area contributed by atoms with Crippen LogP contribution in [-0.4, -0.2) is 60.6 Å². The Hall–Kier alpha value is -3.16. The van der Waals surface area contributed by atoms with Crippen molar-refractivity contribution in [2.45, 2.75) is 69.5 Å². The molecule has 2 aromatic carbocycles. The first-order valence-electron chi connectivity index (χ1n) is 14.3. The minimum Gasteiger partial charge on any atom is -0.385 e. The second-order valence-corrected chi connectivity index (χ2v) is 11.7. The van der Waals surface area contributed by atoms with Crippen molar-refractivity contribution in [3.05, 3.63) is 71.9 Å². The number of hydrogen-bond acceptors (Lipinski definition) is 4. The first-order chi connectivity index (χ1) is 18.9. The van der Waals surface area contributed by atoms with Gasteiger partial charge in [0.05, 0.1) is 17.4 Å². The zero-order valence-corrected chi connectivity index (χ0v) is 23.4. The Morgan fingerprint density at radius 1 is 1.08 bits per heavy atom. The Kier molecular flexibility index (Phi) is 8.38. The fourth-order valence-electron chi connectivity index (χ4n) is 5.98. The first-order valence-corrected chi connectivity index (χ1v) is 14.3. The maximum atomic E-state index is 14.3. The number of hydrogen-bond donors (Lipinski definition) is 3. The third-order valence-corrected chi connectivity index (χ3v) is 8.43. The number of carbonyl (C=O) groups is 2. The number of rotatable bonds is 11. The molecule has 2 amide bonds. The number of methoxy groups -OCH3 is 1. The number of H-pyrrole nitrogens is 1. The minimum absolute atomic E-state index is 0.0103. The van der Waals surface area contributed by atoms with E-state index in [4.69, 9.17) is 4.74 Å². The molecule has 208 valence electrons. The molecular formula is C32H42N4O3. The molecule has 5 rings (SSSR count). The van der Waals surface area contributed by atoms with Crippen LogP contribution in [0.1, 0.15) is 63.1 Å². The molecule has 1 aromatic heterocycles. The normalized spacial score (nSPS) is 20.5. The fraction of sp³-hybridized carbons (Fsp3) is 0.500. The molecule has 1 aliphatic carbocycles. The molecule has 39 heavy (non-hydrogen) atoms. The van der Waals surface area contributed by atoms with E-state index < -0.39 is 5.41 Å². The molecule has 3 aromatic rings. The van der Waals surface area contributed by atoms with Crippen LogP contribution in [0.2, 0.25) is 0 Å². The molecule has 2 aliphatic rings. The van der Waals surface area contributed by atoms with Gasteiger partial charge in [0, 0.05) is 56.0 Å². The van der Waals surface area contributed by atoms with Crippen LogP contribution in [0.25, 0.3) is 10.9 Å². The maximum absolute atomic E-state index is 14.3. The zero-order chi connectivity index (χ0) is 27.4. The van der Waals surface area contributed by atoms with Gasteiger partial charge in [0.1, 0.15) is 0 Å². The van der Waals surface area contributed by atoms with Crippen LogP contribution in [0.3, 0.4) is 0 Å². The molecule has 1 aliphatic heterocycles. The van der Waals surface area contributed by atoms with E-state index >= 15 is 0 Å². The number of amides is 2. The average molecular weight is 531 g/mol.